The molecule has 1 aliphatic rings. The molecule has 36 heavy (non-hydrogen) atoms. The zero-order valence-electron chi connectivity index (χ0n) is 20.6. The van der Waals surface area contributed by atoms with Crippen molar-refractivity contribution in [2.75, 3.05) is 33.4 Å². The van der Waals surface area contributed by atoms with Crippen molar-refractivity contribution < 1.29 is 18.8 Å². The van der Waals surface area contributed by atoms with Gasteiger partial charge in [-0.05, 0) is 61.3 Å². The van der Waals surface area contributed by atoms with E-state index in [2.05, 4.69) is 0 Å². The Kier molecular flexibility index (Phi) is 8.05. The lowest BCUT2D eigenvalue weighted by Gasteiger charge is -2.32. The van der Waals surface area contributed by atoms with Gasteiger partial charge in [-0.25, -0.2) is 4.39 Å². The quantitative estimate of drug-likeness (QED) is 0.315. The first-order valence-corrected chi connectivity index (χ1v) is 13.6. The van der Waals surface area contributed by atoms with E-state index in [1.54, 1.807) is 35.0 Å². The predicted octanol–water partition coefficient (Wildman–Crippen LogP) is 5.12. The van der Waals surface area contributed by atoms with Crippen molar-refractivity contribution in [2.24, 2.45) is 5.92 Å². The van der Waals surface area contributed by atoms with Crippen molar-refractivity contribution in [1.29, 1.82) is 0 Å². The molecule has 0 radical (unpaired) electrons. The minimum atomic E-state index is -0.621. The van der Waals surface area contributed by atoms with Crippen LogP contribution in [0.15, 0.2) is 42.6 Å². The average molecular weight is 530 g/mol. The van der Waals surface area contributed by atoms with Crippen molar-refractivity contribution in [3.05, 3.63) is 70.1 Å². The molecule has 0 spiro atoms. The van der Waals surface area contributed by atoms with Crippen LogP contribution in [-0.2, 0) is 17.1 Å². The Balaban J connectivity index is 1.56. The third kappa shape index (κ3) is 5.44. The standard InChI is InChI=1S/C27H29ClFN3O3S/c1-30(2)27(35)25(33)22-15-32(16-36-3)24-14-23(28)21(13-20(22)24)26(34)31-10-8-18(9-11-31)12-17-4-6-19(29)7-5-17/h4-7,13-15,18H,8-12,16H2,1-3H3. The van der Waals surface area contributed by atoms with E-state index in [0.29, 0.717) is 46.4 Å². The summed E-state index contributed by atoms with van der Waals surface area (Å²) in [5.41, 5.74) is 2.39. The molecule has 0 unspecified atom stereocenters. The summed E-state index contributed by atoms with van der Waals surface area (Å²) in [6.45, 7) is 1.19. The Hall–Kier alpha value is -2.84. The molecule has 2 heterocycles. The van der Waals surface area contributed by atoms with Crippen molar-refractivity contribution in [1.82, 2.24) is 14.4 Å². The maximum atomic E-state index is 13.5. The average Bonchev–Trinajstić information content (AvgIpc) is 3.21. The zero-order valence-corrected chi connectivity index (χ0v) is 22.2. The highest BCUT2D eigenvalue weighted by molar-refractivity contribution is 7.97. The summed E-state index contributed by atoms with van der Waals surface area (Å²) in [6.07, 6.45) is 6.14. The molecular weight excluding hydrogens is 501 g/mol. The van der Waals surface area contributed by atoms with E-state index >= 15 is 0 Å². The number of fused-ring (bicyclic) bond motifs is 1. The van der Waals surface area contributed by atoms with Crippen molar-refractivity contribution in [3.8, 4) is 0 Å². The fraction of sp³-hybridized carbons (Fsp3) is 0.370. The van der Waals surface area contributed by atoms with Gasteiger partial charge in [0.1, 0.15) is 5.82 Å². The van der Waals surface area contributed by atoms with Gasteiger partial charge >= 0.3 is 0 Å². The minimum Gasteiger partial charge on any atom is -0.342 e. The van der Waals surface area contributed by atoms with Gasteiger partial charge in [0.25, 0.3) is 17.6 Å². The second-order valence-corrected chi connectivity index (χ2v) is 10.6. The Bertz CT molecular complexity index is 1300. The lowest BCUT2D eigenvalue weighted by Crippen LogP contribution is -2.39. The van der Waals surface area contributed by atoms with Crippen molar-refractivity contribution in [2.45, 2.75) is 25.1 Å². The first kappa shape index (κ1) is 26.2. The Labute approximate surface area is 219 Å². The molecule has 9 heteroatoms. The summed E-state index contributed by atoms with van der Waals surface area (Å²) in [7, 11) is 3.07. The van der Waals surface area contributed by atoms with Crippen LogP contribution in [0.3, 0.4) is 0 Å². The number of aromatic nitrogens is 1. The second kappa shape index (κ2) is 11.0. The highest BCUT2D eigenvalue weighted by atomic mass is 35.5. The van der Waals surface area contributed by atoms with E-state index in [9.17, 15) is 18.8 Å². The molecule has 2 amide bonds. The number of hydrogen-bond donors (Lipinski definition) is 0. The molecule has 0 atom stereocenters. The van der Waals surface area contributed by atoms with Crippen LogP contribution < -0.4 is 0 Å². The number of likely N-dealkylation sites (N-methyl/N-ethyl adjacent to an activating group) is 1. The molecule has 3 aromatic rings. The number of piperidine rings is 1. The van der Waals surface area contributed by atoms with Crippen molar-refractivity contribution in [3.63, 3.8) is 0 Å². The number of Topliss-reactive ketones (excluding diaryl/α,β-unsaturated/α-hetero) is 1. The topological polar surface area (TPSA) is 62.6 Å². The van der Waals surface area contributed by atoms with E-state index in [-0.39, 0.29) is 17.3 Å². The normalized spacial score (nSPS) is 14.3. The summed E-state index contributed by atoms with van der Waals surface area (Å²) in [6, 6.07) is 9.93. The van der Waals surface area contributed by atoms with Crippen LogP contribution in [0.25, 0.3) is 10.9 Å². The monoisotopic (exact) mass is 529 g/mol. The van der Waals surface area contributed by atoms with Gasteiger partial charge in [0, 0.05) is 38.8 Å². The van der Waals surface area contributed by atoms with Crippen LogP contribution in [0.2, 0.25) is 5.02 Å². The molecule has 0 bridgehead atoms. The third-order valence-electron chi connectivity index (χ3n) is 6.65. The number of nitrogens with zero attached hydrogens (tertiary/aromatic N) is 3. The zero-order chi connectivity index (χ0) is 26.0. The molecule has 0 N–H and O–H groups in total. The van der Waals surface area contributed by atoms with E-state index in [1.165, 1.54) is 31.1 Å². The van der Waals surface area contributed by atoms with Crippen LogP contribution in [-0.4, -0.2) is 65.4 Å². The van der Waals surface area contributed by atoms with Gasteiger partial charge in [-0.1, -0.05) is 23.7 Å². The highest BCUT2D eigenvalue weighted by Crippen LogP contribution is 2.32. The van der Waals surface area contributed by atoms with Crippen molar-refractivity contribution >= 4 is 51.9 Å². The number of thioether (sulfide) groups is 1. The number of amides is 2. The Morgan fingerprint density at radius 2 is 1.75 bits per heavy atom. The van der Waals surface area contributed by atoms with E-state index < -0.39 is 11.7 Å². The first-order valence-electron chi connectivity index (χ1n) is 11.8. The molecule has 1 aliphatic heterocycles. The molecule has 1 aromatic heterocycles. The number of halogens is 2. The predicted molar refractivity (Wildman–Crippen MR) is 142 cm³/mol. The molecular formula is C27H29ClFN3O3S. The van der Waals surface area contributed by atoms with Crippen LogP contribution in [0.1, 0.15) is 39.1 Å². The second-order valence-electron chi connectivity index (χ2n) is 9.37. The summed E-state index contributed by atoms with van der Waals surface area (Å²) in [5.74, 6) is -0.675. The number of ketones is 1. The maximum Gasteiger partial charge on any atom is 0.294 e. The number of hydrogen-bond acceptors (Lipinski definition) is 4. The largest absolute Gasteiger partial charge is 0.342 e. The molecule has 1 saturated heterocycles. The van der Waals surface area contributed by atoms with Gasteiger partial charge in [0.2, 0.25) is 0 Å². The van der Waals surface area contributed by atoms with Gasteiger partial charge in [0.05, 0.1) is 27.5 Å². The smallest absolute Gasteiger partial charge is 0.294 e. The van der Waals surface area contributed by atoms with E-state index in [0.717, 1.165) is 24.8 Å². The van der Waals surface area contributed by atoms with Gasteiger partial charge in [-0.2, -0.15) is 0 Å². The van der Waals surface area contributed by atoms with Gasteiger partial charge in [-0.3, -0.25) is 14.4 Å². The van der Waals surface area contributed by atoms with Crippen LogP contribution in [0, 0.1) is 11.7 Å². The molecule has 2 aromatic carbocycles. The number of carbonyl (C=O) groups excluding carboxylic acids is 3. The Morgan fingerprint density at radius 3 is 2.36 bits per heavy atom. The number of benzene rings is 2. The molecule has 0 aliphatic carbocycles. The number of rotatable bonds is 7. The molecule has 0 saturated carbocycles. The summed E-state index contributed by atoms with van der Waals surface area (Å²) in [4.78, 5) is 41.8. The van der Waals surface area contributed by atoms with Gasteiger partial charge < -0.3 is 14.4 Å². The minimum absolute atomic E-state index is 0.183. The number of likely N-dealkylation sites (tertiary alicyclic amines) is 1. The van der Waals surface area contributed by atoms with Gasteiger partial charge in [0.15, 0.2) is 0 Å². The fourth-order valence-corrected chi connectivity index (χ4v) is 5.41. The molecule has 6 nitrogen and oxygen atoms in total. The molecule has 1 fully saturated rings. The van der Waals surface area contributed by atoms with E-state index in [1.807, 2.05) is 23.0 Å². The molecule has 190 valence electrons. The first-order chi connectivity index (χ1) is 17.2. The fourth-order valence-electron chi connectivity index (χ4n) is 4.68. The summed E-state index contributed by atoms with van der Waals surface area (Å²) >= 11 is 8.15. The maximum absolute atomic E-state index is 13.5. The number of carbonyl (C=O) groups is 3. The Morgan fingerprint density at radius 1 is 1.08 bits per heavy atom. The summed E-state index contributed by atoms with van der Waals surface area (Å²) in [5, 5.41) is 0.863. The lowest BCUT2D eigenvalue weighted by molar-refractivity contribution is -0.124. The van der Waals surface area contributed by atoms with Crippen LogP contribution in [0.5, 0.6) is 0 Å². The summed E-state index contributed by atoms with van der Waals surface area (Å²) < 4.78 is 15.1. The lowest BCUT2D eigenvalue weighted by atomic mass is 9.90. The van der Waals surface area contributed by atoms with Crippen LogP contribution in [0.4, 0.5) is 4.39 Å². The van der Waals surface area contributed by atoms with E-state index in [4.69, 9.17) is 11.6 Å². The highest BCUT2D eigenvalue weighted by Gasteiger charge is 2.28. The SMILES string of the molecule is CSCn1cc(C(=O)C(=O)N(C)C)c2cc(C(=O)N3CCC(Cc4ccc(F)cc4)CC3)c(Cl)cc21. The van der Waals surface area contributed by atoms with Gasteiger partial charge in [-0.15, -0.1) is 11.8 Å². The van der Waals surface area contributed by atoms with Crippen LogP contribution >= 0.6 is 23.4 Å². The molecule has 4 rings (SSSR count). The third-order valence-corrected chi connectivity index (χ3v) is 7.50.